The Kier molecular flexibility index (Phi) is 4.58. The Morgan fingerprint density at radius 1 is 1.50 bits per heavy atom. The van der Waals surface area contributed by atoms with Crippen molar-refractivity contribution in [3.8, 4) is 0 Å². The van der Waals surface area contributed by atoms with E-state index in [0.717, 1.165) is 32.5 Å². The van der Waals surface area contributed by atoms with E-state index in [1.54, 1.807) is 11.9 Å². The van der Waals surface area contributed by atoms with Crippen LogP contribution in [0.2, 0.25) is 0 Å². The van der Waals surface area contributed by atoms with Crippen LogP contribution < -0.4 is 10.6 Å². The molecule has 0 spiro atoms. The van der Waals surface area contributed by atoms with Crippen molar-refractivity contribution in [3.05, 3.63) is 0 Å². The first-order valence-electron chi connectivity index (χ1n) is 6.92. The van der Waals surface area contributed by atoms with E-state index >= 15 is 0 Å². The maximum absolute atomic E-state index is 11.8. The summed E-state index contributed by atoms with van der Waals surface area (Å²) in [6.45, 7) is 2.88. The third-order valence-electron chi connectivity index (χ3n) is 3.94. The van der Waals surface area contributed by atoms with Crippen molar-refractivity contribution in [3.63, 3.8) is 0 Å². The predicted octanol–water partition coefficient (Wildman–Crippen LogP) is 0.113. The number of amides is 2. The summed E-state index contributed by atoms with van der Waals surface area (Å²) in [5.74, 6) is 0.684. The largest absolute Gasteiger partial charge is 0.344 e. The monoisotopic (exact) mass is 253 g/mol. The highest BCUT2D eigenvalue weighted by atomic mass is 16.2. The topological polar surface area (TPSA) is 61.4 Å². The van der Waals surface area contributed by atoms with Crippen LogP contribution >= 0.6 is 0 Å². The molecule has 0 aromatic carbocycles. The van der Waals surface area contributed by atoms with Gasteiger partial charge in [-0.25, -0.2) is 0 Å². The first kappa shape index (κ1) is 13.3. The summed E-state index contributed by atoms with van der Waals surface area (Å²) >= 11 is 0. The Labute approximate surface area is 108 Å². The number of nitrogens with zero attached hydrogens (tertiary/aromatic N) is 1. The van der Waals surface area contributed by atoms with Crippen LogP contribution in [-0.4, -0.2) is 49.4 Å². The quantitative estimate of drug-likeness (QED) is 0.748. The molecule has 2 unspecified atom stereocenters. The molecule has 2 rings (SSSR count). The van der Waals surface area contributed by atoms with Gasteiger partial charge in [0.15, 0.2) is 0 Å². The van der Waals surface area contributed by atoms with Crippen LogP contribution in [0.15, 0.2) is 0 Å². The van der Waals surface area contributed by atoms with Gasteiger partial charge in [-0.1, -0.05) is 0 Å². The molecule has 102 valence electrons. The molecule has 2 saturated heterocycles. The van der Waals surface area contributed by atoms with E-state index in [4.69, 9.17) is 0 Å². The second-order valence-electron chi connectivity index (χ2n) is 5.42. The van der Waals surface area contributed by atoms with Crippen molar-refractivity contribution in [2.45, 2.75) is 38.1 Å². The number of likely N-dealkylation sites (tertiary alicyclic amines) is 1. The molecule has 2 heterocycles. The van der Waals surface area contributed by atoms with Crippen molar-refractivity contribution in [1.29, 1.82) is 0 Å². The molecular formula is C13H23N3O2. The first-order valence-corrected chi connectivity index (χ1v) is 6.92. The number of carbonyl (C=O) groups is 2. The molecule has 0 radical (unpaired) electrons. The van der Waals surface area contributed by atoms with Gasteiger partial charge < -0.3 is 15.5 Å². The van der Waals surface area contributed by atoms with Crippen molar-refractivity contribution >= 4 is 11.8 Å². The summed E-state index contributed by atoms with van der Waals surface area (Å²) in [7, 11) is 1.78. The molecule has 0 aromatic rings. The summed E-state index contributed by atoms with van der Waals surface area (Å²) in [6.07, 6.45) is 4.63. The molecule has 2 aliphatic rings. The van der Waals surface area contributed by atoms with Gasteiger partial charge in [0.25, 0.3) is 0 Å². The van der Waals surface area contributed by atoms with Gasteiger partial charge in [0.2, 0.25) is 11.8 Å². The lowest BCUT2D eigenvalue weighted by molar-refractivity contribution is -0.131. The van der Waals surface area contributed by atoms with Gasteiger partial charge >= 0.3 is 0 Å². The van der Waals surface area contributed by atoms with E-state index in [0.29, 0.717) is 12.3 Å². The molecule has 2 atom stereocenters. The second-order valence-corrected chi connectivity index (χ2v) is 5.42. The molecule has 0 saturated carbocycles. The number of rotatable bonds is 4. The summed E-state index contributed by atoms with van der Waals surface area (Å²) in [5.41, 5.74) is 0. The minimum atomic E-state index is -0.285. The Hall–Kier alpha value is -1.10. The van der Waals surface area contributed by atoms with E-state index < -0.39 is 0 Å². The van der Waals surface area contributed by atoms with Crippen LogP contribution in [-0.2, 0) is 9.59 Å². The lowest BCUT2D eigenvalue weighted by Gasteiger charge is -2.22. The van der Waals surface area contributed by atoms with Gasteiger partial charge in [-0.05, 0) is 44.7 Å². The van der Waals surface area contributed by atoms with Crippen LogP contribution in [0.3, 0.4) is 0 Å². The second kappa shape index (κ2) is 6.18. The van der Waals surface area contributed by atoms with Crippen molar-refractivity contribution in [2.24, 2.45) is 5.92 Å². The summed E-state index contributed by atoms with van der Waals surface area (Å²) < 4.78 is 0. The number of likely N-dealkylation sites (N-methyl/N-ethyl adjacent to an activating group) is 1. The fourth-order valence-corrected chi connectivity index (χ4v) is 2.73. The van der Waals surface area contributed by atoms with E-state index in [9.17, 15) is 9.59 Å². The maximum atomic E-state index is 11.8. The highest BCUT2D eigenvalue weighted by Gasteiger charge is 2.30. The van der Waals surface area contributed by atoms with E-state index in [-0.39, 0.29) is 17.9 Å². The van der Waals surface area contributed by atoms with Gasteiger partial charge in [0, 0.05) is 20.0 Å². The third kappa shape index (κ3) is 3.45. The molecule has 2 aliphatic heterocycles. The number of carbonyl (C=O) groups excluding carboxylic acids is 2. The molecule has 5 heteroatoms. The normalized spacial score (nSPS) is 28.5. The molecule has 5 nitrogen and oxygen atoms in total. The van der Waals surface area contributed by atoms with Crippen LogP contribution in [0.5, 0.6) is 0 Å². The third-order valence-corrected chi connectivity index (χ3v) is 3.94. The molecule has 0 aromatic heterocycles. The zero-order valence-electron chi connectivity index (χ0n) is 11.1. The molecule has 18 heavy (non-hydrogen) atoms. The van der Waals surface area contributed by atoms with E-state index in [1.807, 2.05) is 0 Å². The van der Waals surface area contributed by atoms with Crippen molar-refractivity contribution < 1.29 is 9.59 Å². The van der Waals surface area contributed by atoms with Crippen LogP contribution in [0, 0.1) is 5.92 Å². The maximum Gasteiger partial charge on any atom is 0.244 e. The minimum absolute atomic E-state index is 0.0224. The lowest BCUT2D eigenvalue weighted by atomic mass is 9.94. The Morgan fingerprint density at radius 3 is 2.94 bits per heavy atom. The Balaban J connectivity index is 1.67. The van der Waals surface area contributed by atoms with Gasteiger partial charge in [-0.2, -0.15) is 0 Å². The molecule has 2 fully saturated rings. The Morgan fingerprint density at radius 2 is 2.33 bits per heavy atom. The highest BCUT2D eigenvalue weighted by molar-refractivity contribution is 5.88. The molecular weight excluding hydrogens is 230 g/mol. The van der Waals surface area contributed by atoms with Crippen molar-refractivity contribution in [1.82, 2.24) is 15.5 Å². The average Bonchev–Trinajstić information content (AvgIpc) is 2.70. The standard InChI is InChI=1S/C13H23N3O2/c1-16-8-6-11(13(16)18)15-12(17)5-4-10-3-2-7-14-9-10/h10-11,14H,2-9H2,1H3,(H,15,17). The fraction of sp³-hybridized carbons (Fsp3) is 0.846. The van der Waals surface area contributed by atoms with Crippen LogP contribution in [0.25, 0.3) is 0 Å². The molecule has 2 N–H and O–H groups in total. The number of nitrogens with one attached hydrogen (secondary N) is 2. The van der Waals surface area contributed by atoms with Gasteiger partial charge in [-0.3, -0.25) is 9.59 Å². The fourth-order valence-electron chi connectivity index (χ4n) is 2.73. The van der Waals surface area contributed by atoms with Gasteiger partial charge in [0.1, 0.15) is 6.04 Å². The number of piperidine rings is 1. The van der Waals surface area contributed by atoms with E-state index in [2.05, 4.69) is 10.6 Å². The highest BCUT2D eigenvalue weighted by Crippen LogP contribution is 2.16. The van der Waals surface area contributed by atoms with E-state index in [1.165, 1.54) is 12.8 Å². The summed E-state index contributed by atoms with van der Waals surface area (Å²) in [6, 6.07) is -0.285. The molecule has 0 bridgehead atoms. The zero-order valence-corrected chi connectivity index (χ0v) is 11.1. The number of hydrogen-bond acceptors (Lipinski definition) is 3. The summed E-state index contributed by atoms with van der Waals surface area (Å²) in [5, 5.41) is 6.20. The first-order chi connectivity index (χ1) is 8.66. The van der Waals surface area contributed by atoms with Crippen LogP contribution in [0.1, 0.15) is 32.1 Å². The predicted molar refractivity (Wildman–Crippen MR) is 69.0 cm³/mol. The van der Waals surface area contributed by atoms with Crippen molar-refractivity contribution in [2.75, 3.05) is 26.7 Å². The minimum Gasteiger partial charge on any atom is -0.344 e. The zero-order chi connectivity index (χ0) is 13.0. The molecule has 2 amide bonds. The smallest absolute Gasteiger partial charge is 0.244 e. The van der Waals surface area contributed by atoms with Gasteiger partial charge in [-0.15, -0.1) is 0 Å². The SMILES string of the molecule is CN1CCC(NC(=O)CCC2CCCNC2)C1=O. The average molecular weight is 253 g/mol. The molecule has 0 aliphatic carbocycles. The number of hydrogen-bond donors (Lipinski definition) is 2. The van der Waals surface area contributed by atoms with Gasteiger partial charge in [0.05, 0.1) is 0 Å². The summed E-state index contributed by atoms with van der Waals surface area (Å²) in [4.78, 5) is 25.1. The van der Waals surface area contributed by atoms with Crippen LogP contribution in [0.4, 0.5) is 0 Å². The lowest BCUT2D eigenvalue weighted by Crippen LogP contribution is -2.40. The Bertz CT molecular complexity index is 313.